The maximum absolute atomic E-state index is 12.4. The highest BCUT2D eigenvalue weighted by Gasteiger charge is 2.31. The zero-order valence-corrected chi connectivity index (χ0v) is 14.4. The number of nitrogens with one attached hydrogen (secondary N) is 1. The van der Waals surface area contributed by atoms with Gasteiger partial charge in [-0.2, -0.15) is 0 Å². The van der Waals surface area contributed by atoms with Gasteiger partial charge in [-0.3, -0.25) is 4.79 Å². The van der Waals surface area contributed by atoms with Crippen molar-refractivity contribution in [2.45, 2.75) is 25.5 Å². The van der Waals surface area contributed by atoms with Gasteiger partial charge in [0.1, 0.15) is 0 Å². The van der Waals surface area contributed by atoms with Crippen molar-refractivity contribution < 1.29 is 14.3 Å². The van der Waals surface area contributed by atoms with Gasteiger partial charge in [-0.25, -0.2) is 4.79 Å². The quantitative estimate of drug-likeness (QED) is 0.839. The van der Waals surface area contributed by atoms with Crippen LogP contribution in [0, 0.1) is 0 Å². The minimum Gasteiger partial charge on any atom is -0.448 e. The molecule has 1 N–H and O–H groups in total. The lowest BCUT2D eigenvalue weighted by Crippen LogP contribution is -2.42. The third kappa shape index (κ3) is 3.40. The molecule has 0 aliphatic carbocycles. The maximum atomic E-state index is 12.4. The second-order valence-corrected chi connectivity index (χ2v) is 6.47. The van der Waals surface area contributed by atoms with Gasteiger partial charge in [-0.1, -0.05) is 47.5 Å². The Labute approximate surface area is 149 Å². The van der Waals surface area contributed by atoms with Crippen LogP contribution in [0.3, 0.4) is 0 Å². The fourth-order valence-corrected chi connectivity index (χ4v) is 2.96. The summed E-state index contributed by atoms with van der Waals surface area (Å²) in [5, 5.41) is 3.73. The number of hydrogen-bond acceptors (Lipinski definition) is 3. The molecule has 0 saturated carbocycles. The molecule has 0 saturated heterocycles. The summed E-state index contributed by atoms with van der Waals surface area (Å²) in [6.45, 7) is 1.83. The van der Waals surface area contributed by atoms with Crippen molar-refractivity contribution in [2.24, 2.45) is 0 Å². The molecule has 124 valence electrons. The van der Waals surface area contributed by atoms with E-state index in [1.54, 1.807) is 30.3 Å². The van der Waals surface area contributed by atoms with Crippen LogP contribution < -0.4 is 5.32 Å². The predicted octanol–water partition coefficient (Wildman–Crippen LogP) is 3.95. The lowest BCUT2D eigenvalue weighted by molar-refractivity contribution is -0.131. The van der Waals surface area contributed by atoms with Crippen LogP contribution in [0.5, 0.6) is 0 Å². The van der Waals surface area contributed by atoms with Crippen molar-refractivity contribution in [3.8, 4) is 0 Å². The van der Waals surface area contributed by atoms with Crippen molar-refractivity contribution in [1.29, 1.82) is 0 Å². The third-order valence-corrected chi connectivity index (χ3v) is 4.73. The Balaban J connectivity index is 1.71. The number of cyclic esters (lactones) is 1. The van der Waals surface area contributed by atoms with E-state index in [1.165, 1.54) is 0 Å². The number of halogens is 2. The third-order valence-electron chi connectivity index (χ3n) is 3.99. The topological polar surface area (TPSA) is 55.4 Å². The summed E-state index contributed by atoms with van der Waals surface area (Å²) in [6.07, 6.45) is -0.473. The number of ether oxygens (including phenoxy) is 1. The molecule has 0 unspecified atom stereocenters. The van der Waals surface area contributed by atoms with Crippen LogP contribution in [-0.2, 0) is 16.0 Å². The van der Waals surface area contributed by atoms with Crippen LogP contribution in [0.4, 0.5) is 0 Å². The molecule has 1 amide bonds. The zero-order valence-electron chi connectivity index (χ0n) is 12.9. The van der Waals surface area contributed by atoms with E-state index in [1.807, 2.05) is 19.1 Å². The van der Waals surface area contributed by atoms with Crippen molar-refractivity contribution in [3.05, 3.63) is 69.2 Å². The summed E-state index contributed by atoms with van der Waals surface area (Å²) >= 11 is 11.9. The molecule has 1 aliphatic rings. The smallest absolute Gasteiger partial charge is 0.339 e. The fourth-order valence-electron chi connectivity index (χ4n) is 2.65. The molecule has 1 heterocycles. The Bertz CT molecular complexity index is 807. The summed E-state index contributed by atoms with van der Waals surface area (Å²) in [4.78, 5) is 24.4. The number of hydrogen-bond donors (Lipinski definition) is 1. The van der Waals surface area contributed by atoms with Gasteiger partial charge < -0.3 is 10.1 Å². The number of amides is 1. The second-order valence-electron chi connectivity index (χ2n) is 5.66. The van der Waals surface area contributed by atoms with E-state index in [9.17, 15) is 9.59 Å². The molecule has 2 atom stereocenters. The minimum absolute atomic E-state index is 0.289. The van der Waals surface area contributed by atoms with Gasteiger partial charge in [0.25, 0.3) is 5.91 Å². The highest BCUT2D eigenvalue weighted by Crippen LogP contribution is 2.26. The van der Waals surface area contributed by atoms with E-state index in [4.69, 9.17) is 27.9 Å². The maximum Gasteiger partial charge on any atom is 0.339 e. The molecule has 2 aromatic rings. The van der Waals surface area contributed by atoms with E-state index in [-0.39, 0.29) is 11.9 Å². The molecule has 3 rings (SSSR count). The summed E-state index contributed by atoms with van der Waals surface area (Å²) < 4.78 is 5.26. The zero-order chi connectivity index (χ0) is 17.3. The molecule has 4 nitrogen and oxygen atoms in total. The first kappa shape index (κ1) is 16.8. The second kappa shape index (κ2) is 6.83. The van der Waals surface area contributed by atoms with Crippen molar-refractivity contribution >= 4 is 35.1 Å². The summed E-state index contributed by atoms with van der Waals surface area (Å²) in [6, 6.07) is 12.0. The Morgan fingerprint density at radius 1 is 1.21 bits per heavy atom. The average Bonchev–Trinajstić information content (AvgIpc) is 2.57. The largest absolute Gasteiger partial charge is 0.448 e. The number of carbonyl (C=O) groups excluding carboxylic acids is 2. The summed E-state index contributed by atoms with van der Waals surface area (Å²) in [5.74, 6) is -0.810. The van der Waals surface area contributed by atoms with Crippen LogP contribution in [0.15, 0.2) is 42.5 Å². The highest BCUT2D eigenvalue weighted by molar-refractivity contribution is 6.42. The van der Waals surface area contributed by atoms with Crippen LogP contribution >= 0.6 is 23.2 Å². The van der Waals surface area contributed by atoms with Crippen molar-refractivity contribution in [3.63, 3.8) is 0 Å². The Morgan fingerprint density at radius 3 is 2.71 bits per heavy atom. The van der Waals surface area contributed by atoms with Crippen LogP contribution in [0.1, 0.15) is 34.5 Å². The van der Waals surface area contributed by atoms with Gasteiger partial charge in [0.05, 0.1) is 21.7 Å². The van der Waals surface area contributed by atoms with Crippen LogP contribution in [-0.4, -0.2) is 18.0 Å². The van der Waals surface area contributed by atoms with E-state index in [2.05, 4.69) is 5.32 Å². The number of esters is 1. The van der Waals surface area contributed by atoms with Gasteiger partial charge in [0.2, 0.25) is 0 Å². The summed E-state index contributed by atoms with van der Waals surface area (Å²) in [7, 11) is 0. The molecule has 2 aromatic carbocycles. The molecule has 0 spiro atoms. The van der Waals surface area contributed by atoms with Gasteiger partial charge >= 0.3 is 5.97 Å². The Hall–Kier alpha value is -2.04. The first-order chi connectivity index (χ1) is 11.5. The minimum atomic E-state index is -0.836. The predicted molar refractivity (Wildman–Crippen MR) is 92.4 cm³/mol. The first-order valence-electron chi connectivity index (χ1n) is 7.50. The number of rotatable bonds is 3. The molecule has 0 radical (unpaired) electrons. The lowest BCUT2D eigenvalue weighted by atomic mass is 9.98. The highest BCUT2D eigenvalue weighted by atomic mass is 35.5. The van der Waals surface area contributed by atoms with Gasteiger partial charge in [0.15, 0.2) is 6.10 Å². The van der Waals surface area contributed by atoms with E-state index >= 15 is 0 Å². The Kier molecular flexibility index (Phi) is 4.78. The van der Waals surface area contributed by atoms with Crippen molar-refractivity contribution in [2.75, 3.05) is 0 Å². The normalized spacial score (nSPS) is 17.6. The molecule has 24 heavy (non-hydrogen) atoms. The SMILES string of the molecule is C[C@H](NC(=O)[C@@H]1Cc2ccccc2C(=O)O1)c1ccc(Cl)c(Cl)c1. The monoisotopic (exact) mass is 363 g/mol. The van der Waals surface area contributed by atoms with Crippen LogP contribution in [0.25, 0.3) is 0 Å². The molecule has 0 aromatic heterocycles. The van der Waals surface area contributed by atoms with Crippen molar-refractivity contribution in [1.82, 2.24) is 5.32 Å². The van der Waals surface area contributed by atoms with E-state index in [0.717, 1.165) is 11.1 Å². The number of fused-ring (bicyclic) bond motifs is 1. The first-order valence-corrected chi connectivity index (χ1v) is 8.25. The van der Waals surface area contributed by atoms with Gasteiger partial charge in [-0.15, -0.1) is 0 Å². The molecule has 0 bridgehead atoms. The van der Waals surface area contributed by atoms with E-state index in [0.29, 0.717) is 22.0 Å². The molecule has 1 aliphatic heterocycles. The molecular weight excluding hydrogens is 349 g/mol. The molecule has 0 fully saturated rings. The fraction of sp³-hybridized carbons (Fsp3) is 0.222. The average molecular weight is 364 g/mol. The van der Waals surface area contributed by atoms with Crippen LogP contribution in [0.2, 0.25) is 10.0 Å². The van der Waals surface area contributed by atoms with Gasteiger partial charge in [0, 0.05) is 6.42 Å². The molecular formula is C18H15Cl2NO3. The van der Waals surface area contributed by atoms with E-state index < -0.39 is 12.1 Å². The standard InChI is InChI=1S/C18H15Cl2NO3/c1-10(11-6-7-14(19)15(20)8-11)21-17(22)16-9-12-4-2-3-5-13(12)18(23)24-16/h2-8,10,16H,9H2,1H3,(H,21,22)/t10-,16-/m0/s1. The Morgan fingerprint density at radius 2 is 1.96 bits per heavy atom. The number of carbonyl (C=O) groups is 2. The lowest BCUT2D eigenvalue weighted by Gasteiger charge is -2.25. The number of benzene rings is 2. The molecule has 6 heteroatoms. The van der Waals surface area contributed by atoms with Gasteiger partial charge in [-0.05, 0) is 36.2 Å². The summed E-state index contributed by atoms with van der Waals surface area (Å²) in [5.41, 5.74) is 2.15.